The summed E-state index contributed by atoms with van der Waals surface area (Å²) in [6.45, 7) is 0.220. The third-order valence-electron chi connectivity index (χ3n) is 4.03. The molecular weight excluding hydrogens is 301 g/mol. The van der Waals surface area contributed by atoms with Crippen molar-refractivity contribution in [3.05, 3.63) is 58.0 Å². The molecule has 1 aliphatic rings. The van der Waals surface area contributed by atoms with Gasteiger partial charge in [0.1, 0.15) is 11.4 Å². The highest BCUT2D eigenvalue weighted by Gasteiger charge is 2.45. The third kappa shape index (κ3) is 3.36. The highest BCUT2D eigenvalue weighted by atomic mass is 32.1. The summed E-state index contributed by atoms with van der Waals surface area (Å²) in [6.07, 6.45) is 2.16. The average Bonchev–Trinajstić information content (AvgIpc) is 3.22. The zero-order valence-electron chi connectivity index (χ0n) is 12.1. The molecule has 0 saturated heterocycles. The molecular formula is C17H18FNO2S. The van der Waals surface area contributed by atoms with E-state index in [2.05, 4.69) is 5.32 Å². The molecule has 1 saturated carbocycles. The van der Waals surface area contributed by atoms with Crippen LogP contribution in [-0.2, 0) is 16.8 Å². The number of hydrogen-bond donors (Lipinski definition) is 2. The van der Waals surface area contributed by atoms with E-state index in [4.69, 9.17) is 0 Å². The second-order valence-electron chi connectivity index (χ2n) is 5.76. The van der Waals surface area contributed by atoms with Crippen LogP contribution in [0.5, 0.6) is 0 Å². The number of rotatable bonds is 6. The van der Waals surface area contributed by atoms with Crippen LogP contribution < -0.4 is 5.32 Å². The number of aliphatic hydroxyl groups is 1. The van der Waals surface area contributed by atoms with Crippen LogP contribution in [0.25, 0.3) is 0 Å². The predicted octanol–water partition coefficient (Wildman–Crippen LogP) is 2.84. The van der Waals surface area contributed by atoms with E-state index >= 15 is 0 Å². The Morgan fingerprint density at radius 1 is 1.32 bits per heavy atom. The van der Waals surface area contributed by atoms with E-state index < -0.39 is 5.60 Å². The minimum Gasteiger partial charge on any atom is -0.382 e. The number of amides is 1. The van der Waals surface area contributed by atoms with Crippen molar-refractivity contribution >= 4 is 17.2 Å². The predicted molar refractivity (Wildman–Crippen MR) is 84.1 cm³/mol. The summed E-state index contributed by atoms with van der Waals surface area (Å²) >= 11 is 1.51. The van der Waals surface area contributed by atoms with E-state index in [9.17, 15) is 14.3 Å². The van der Waals surface area contributed by atoms with Crippen LogP contribution in [0.2, 0.25) is 0 Å². The van der Waals surface area contributed by atoms with Gasteiger partial charge < -0.3 is 10.4 Å². The van der Waals surface area contributed by atoms with Crippen LogP contribution in [0.15, 0.2) is 41.8 Å². The highest BCUT2D eigenvalue weighted by molar-refractivity contribution is 7.10. The van der Waals surface area contributed by atoms with Crippen molar-refractivity contribution in [1.29, 1.82) is 0 Å². The molecule has 0 radical (unpaired) electrons. The molecule has 3 nitrogen and oxygen atoms in total. The summed E-state index contributed by atoms with van der Waals surface area (Å²) in [4.78, 5) is 12.9. The summed E-state index contributed by atoms with van der Waals surface area (Å²) in [6, 6.07) is 9.70. The molecule has 1 aromatic heterocycles. The van der Waals surface area contributed by atoms with Gasteiger partial charge in [0, 0.05) is 4.88 Å². The molecule has 3 rings (SSSR count). The van der Waals surface area contributed by atoms with E-state index in [1.165, 1.54) is 23.5 Å². The van der Waals surface area contributed by atoms with E-state index in [-0.39, 0.29) is 30.6 Å². The Bertz CT molecular complexity index is 637. The average molecular weight is 319 g/mol. The molecule has 0 aliphatic heterocycles. The molecule has 0 bridgehead atoms. The molecule has 2 N–H and O–H groups in total. The Kier molecular flexibility index (Phi) is 4.27. The van der Waals surface area contributed by atoms with E-state index in [1.807, 2.05) is 17.5 Å². The Morgan fingerprint density at radius 3 is 2.64 bits per heavy atom. The van der Waals surface area contributed by atoms with Gasteiger partial charge in [-0.25, -0.2) is 4.39 Å². The van der Waals surface area contributed by atoms with Crippen LogP contribution in [0, 0.1) is 11.7 Å². The van der Waals surface area contributed by atoms with Gasteiger partial charge in [-0.3, -0.25) is 4.79 Å². The molecule has 1 aromatic carbocycles. The molecule has 2 aromatic rings. The summed E-state index contributed by atoms with van der Waals surface area (Å²) in [5, 5.41) is 15.7. The summed E-state index contributed by atoms with van der Waals surface area (Å²) in [5.41, 5.74) is -0.211. The minimum absolute atomic E-state index is 0.165. The van der Waals surface area contributed by atoms with E-state index in [0.29, 0.717) is 0 Å². The zero-order valence-corrected chi connectivity index (χ0v) is 12.9. The Morgan fingerprint density at radius 2 is 2.05 bits per heavy atom. The van der Waals surface area contributed by atoms with Crippen molar-refractivity contribution in [3.8, 4) is 0 Å². The summed E-state index contributed by atoms with van der Waals surface area (Å²) in [7, 11) is 0. The lowest BCUT2D eigenvalue weighted by Crippen LogP contribution is -2.42. The quantitative estimate of drug-likeness (QED) is 0.860. The molecule has 0 spiro atoms. The van der Waals surface area contributed by atoms with E-state index in [1.54, 1.807) is 12.1 Å². The van der Waals surface area contributed by atoms with Gasteiger partial charge in [-0.15, -0.1) is 11.3 Å². The number of benzene rings is 1. The standard InChI is InChI=1S/C17H18FNO2S/c18-14-7-3-12(4-8-14)10-16(20)19-11-17(21,13-5-6-13)15-2-1-9-22-15/h1-4,7-9,13,21H,5-6,10-11H2,(H,19,20)/t17-/m1/s1. The van der Waals surface area contributed by atoms with Gasteiger partial charge in [-0.1, -0.05) is 18.2 Å². The van der Waals surface area contributed by atoms with Gasteiger partial charge in [0.25, 0.3) is 0 Å². The van der Waals surface area contributed by atoms with Crippen molar-refractivity contribution in [1.82, 2.24) is 5.32 Å². The van der Waals surface area contributed by atoms with Crippen LogP contribution in [0.3, 0.4) is 0 Å². The molecule has 1 fully saturated rings. The van der Waals surface area contributed by atoms with Crippen molar-refractivity contribution in [2.24, 2.45) is 5.92 Å². The van der Waals surface area contributed by atoms with Gasteiger partial charge in [0.05, 0.1) is 13.0 Å². The number of carbonyl (C=O) groups is 1. The first-order valence-electron chi connectivity index (χ1n) is 7.35. The fourth-order valence-corrected chi connectivity index (χ4v) is 3.51. The molecule has 116 valence electrons. The Balaban J connectivity index is 1.60. The number of nitrogens with one attached hydrogen (secondary N) is 1. The first kappa shape index (κ1) is 15.2. The number of hydrogen-bond acceptors (Lipinski definition) is 3. The Hall–Kier alpha value is -1.72. The van der Waals surface area contributed by atoms with Crippen LogP contribution >= 0.6 is 11.3 Å². The van der Waals surface area contributed by atoms with Crippen LogP contribution in [0.1, 0.15) is 23.3 Å². The minimum atomic E-state index is -0.966. The first-order valence-corrected chi connectivity index (χ1v) is 8.23. The highest BCUT2D eigenvalue weighted by Crippen LogP contribution is 2.46. The normalized spacial score (nSPS) is 17.0. The topological polar surface area (TPSA) is 49.3 Å². The van der Waals surface area contributed by atoms with Crippen molar-refractivity contribution in [2.45, 2.75) is 24.9 Å². The molecule has 1 aliphatic carbocycles. The van der Waals surface area contributed by atoms with Crippen LogP contribution in [0.4, 0.5) is 4.39 Å². The molecule has 0 unspecified atom stereocenters. The lowest BCUT2D eigenvalue weighted by molar-refractivity contribution is -0.122. The maximum absolute atomic E-state index is 12.8. The Labute approximate surface area is 132 Å². The molecule has 1 atom stereocenters. The number of halogens is 1. The first-order chi connectivity index (χ1) is 10.6. The van der Waals surface area contributed by atoms with Gasteiger partial charge in [0.2, 0.25) is 5.91 Å². The van der Waals surface area contributed by atoms with Crippen LogP contribution in [-0.4, -0.2) is 17.6 Å². The SMILES string of the molecule is O=C(Cc1ccc(F)cc1)NC[C@](O)(c1cccs1)C1CC1. The molecule has 1 amide bonds. The second-order valence-corrected chi connectivity index (χ2v) is 6.70. The fraction of sp³-hybridized carbons (Fsp3) is 0.353. The number of carbonyl (C=O) groups excluding carboxylic acids is 1. The largest absolute Gasteiger partial charge is 0.382 e. The second kappa shape index (κ2) is 6.18. The van der Waals surface area contributed by atoms with Crippen molar-refractivity contribution < 1.29 is 14.3 Å². The van der Waals surface area contributed by atoms with Crippen molar-refractivity contribution in [2.75, 3.05) is 6.54 Å². The smallest absolute Gasteiger partial charge is 0.224 e. The monoisotopic (exact) mass is 319 g/mol. The fourth-order valence-electron chi connectivity index (χ4n) is 2.60. The molecule has 1 heterocycles. The lowest BCUT2D eigenvalue weighted by atomic mass is 9.95. The number of thiophene rings is 1. The maximum Gasteiger partial charge on any atom is 0.224 e. The summed E-state index contributed by atoms with van der Waals surface area (Å²) in [5.74, 6) is -0.260. The van der Waals surface area contributed by atoms with Gasteiger partial charge >= 0.3 is 0 Å². The third-order valence-corrected chi connectivity index (χ3v) is 5.07. The van der Waals surface area contributed by atoms with E-state index in [0.717, 1.165) is 23.3 Å². The van der Waals surface area contributed by atoms with Crippen molar-refractivity contribution in [3.63, 3.8) is 0 Å². The molecule has 22 heavy (non-hydrogen) atoms. The zero-order chi connectivity index (χ0) is 15.6. The van der Waals surface area contributed by atoms with Gasteiger partial charge in [-0.2, -0.15) is 0 Å². The van der Waals surface area contributed by atoms with Gasteiger partial charge in [0.15, 0.2) is 0 Å². The molecule has 5 heteroatoms. The van der Waals surface area contributed by atoms with Gasteiger partial charge in [-0.05, 0) is 47.9 Å². The maximum atomic E-state index is 12.8. The lowest BCUT2D eigenvalue weighted by Gasteiger charge is -2.27. The summed E-state index contributed by atoms with van der Waals surface area (Å²) < 4.78 is 12.8.